The number of carbonyl (C=O) groups is 1. The molecule has 0 bridgehead atoms. The van der Waals surface area contributed by atoms with E-state index in [-0.39, 0.29) is 5.97 Å². The number of hydrogen-bond donors (Lipinski definition) is 0. The second-order valence-electron chi connectivity index (χ2n) is 3.19. The zero-order chi connectivity index (χ0) is 11.3. The molecule has 0 aromatic carbocycles. The van der Waals surface area contributed by atoms with E-state index in [1.54, 1.807) is 17.6 Å². The van der Waals surface area contributed by atoms with Gasteiger partial charge in [0.05, 0.1) is 13.0 Å². The van der Waals surface area contributed by atoms with E-state index in [1.165, 1.54) is 0 Å². The molecule has 4 heteroatoms. The Morgan fingerprint density at radius 3 is 2.87 bits per heavy atom. The minimum atomic E-state index is -0.197. The van der Waals surface area contributed by atoms with Gasteiger partial charge in [-0.3, -0.25) is 4.79 Å². The lowest BCUT2D eigenvalue weighted by atomic mass is 10.2. The lowest BCUT2D eigenvalue weighted by Gasteiger charge is -2.04. The molecule has 80 valence electrons. The number of carbonyl (C=O) groups excluding carboxylic acids is 1. The quantitative estimate of drug-likeness (QED) is 0.699. The molecule has 1 heterocycles. The molecule has 1 aromatic rings. The van der Waals surface area contributed by atoms with Crippen LogP contribution in [-0.2, 0) is 23.0 Å². The molecule has 15 heavy (non-hydrogen) atoms. The Labute approximate surface area is 89.1 Å². The number of nitriles is 1. The van der Waals surface area contributed by atoms with Gasteiger partial charge in [-0.2, -0.15) is 5.26 Å². The number of nitrogens with zero attached hydrogens (tertiary/aromatic N) is 2. The summed E-state index contributed by atoms with van der Waals surface area (Å²) in [7, 11) is 1.82. The van der Waals surface area contributed by atoms with E-state index in [2.05, 4.69) is 6.07 Å². The molecule has 0 N–H and O–H groups in total. The summed E-state index contributed by atoms with van der Waals surface area (Å²) in [5, 5.41) is 8.73. The van der Waals surface area contributed by atoms with Crippen molar-refractivity contribution in [1.82, 2.24) is 4.57 Å². The second-order valence-corrected chi connectivity index (χ2v) is 3.19. The number of aromatic nitrogens is 1. The van der Waals surface area contributed by atoms with Crippen molar-refractivity contribution in [1.29, 1.82) is 5.26 Å². The van der Waals surface area contributed by atoms with Gasteiger partial charge in [0, 0.05) is 12.7 Å². The molecule has 0 aliphatic rings. The van der Waals surface area contributed by atoms with Crippen molar-refractivity contribution in [3.05, 3.63) is 23.5 Å². The first-order chi connectivity index (χ1) is 7.19. The first-order valence-corrected chi connectivity index (χ1v) is 4.89. The maximum Gasteiger partial charge on any atom is 0.306 e. The third kappa shape index (κ3) is 2.84. The van der Waals surface area contributed by atoms with Crippen LogP contribution in [0.1, 0.15) is 24.7 Å². The van der Waals surface area contributed by atoms with Gasteiger partial charge in [0.25, 0.3) is 0 Å². The van der Waals surface area contributed by atoms with Crippen LogP contribution in [0, 0.1) is 11.3 Å². The van der Waals surface area contributed by atoms with Gasteiger partial charge in [0.1, 0.15) is 11.8 Å². The van der Waals surface area contributed by atoms with Crippen LogP contribution in [0.5, 0.6) is 0 Å². The zero-order valence-corrected chi connectivity index (χ0v) is 8.99. The summed E-state index contributed by atoms with van der Waals surface area (Å²) in [4.78, 5) is 11.1. The average molecular weight is 206 g/mol. The van der Waals surface area contributed by atoms with Gasteiger partial charge in [0.15, 0.2) is 0 Å². The fourth-order valence-electron chi connectivity index (χ4n) is 1.38. The summed E-state index contributed by atoms with van der Waals surface area (Å²) in [5.74, 6) is -0.197. The molecule has 0 aliphatic carbocycles. The third-order valence-electron chi connectivity index (χ3n) is 2.23. The first kappa shape index (κ1) is 11.3. The minimum absolute atomic E-state index is 0.197. The SMILES string of the molecule is CCOC(=O)CCc1ccc(C#N)n1C. The van der Waals surface area contributed by atoms with Crippen LogP contribution in [0.4, 0.5) is 0 Å². The molecule has 0 saturated carbocycles. The van der Waals surface area contributed by atoms with E-state index in [9.17, 15) is 4.79 Å². The molecule has 0 amide bonds. The smallest absolute Gasteiger partial charge is 0.306 e. The lowest BCUT2D eigenvalue weighted by Crippen LogP contribution is -2.07. The molecule has 0 saturated heterocycles. The summed E-state index contributed by atoms with van der Waals surface area (Å²) in [5.41, 5.74) is 1.58. The number of hydrogen-bond acceptors (Lipinski definition) is 3. The highest BCUT2D eigenvalue weighted by Crippen LogP contribution is 2.08. The Morgan fingerprint density at radius 1 is 1.60 bits per heavy atom. The van der Waals surface area contributed by atoms with E-state index in [1.807, 2.05) is 13.1 Å². The van der Waals surface area contributed by atoms with Crippen LogP contribution in [0.2, 0.25) is 0 Å². The van der Waals surface area contributed by atoms with Gasteiger partial charge in [0.2, 0.25) is 0 Å². The molecular weight excluding hydrogens is 192 g/mol. The normalized spacial score (nSPS) is 9.67. The molecule has 4 nitrogen and oxygen atoms in total. The number of esters is 1. The van der Waals surface area contributed by atoms with Crippen molar-refractivity contribution >= 4 is 5.97 Å². The Kier molecular flexibility index (Phi) is 3.92. The number of aryl methyl sites for hydroxylation is 1. The molecular formula is C11H14N2O2. The van der Waals surface area contributed by atoms with Crippen LogP contribution in [0.15, 0.2) is 12.1 Å². The van der Waals surface area contributed by atoms with Gasteiger partial charge in [-0.25, -0.2) is 0 Å². The number of ether oxygens (including phenoxy) is 1. The first-order valence-electron chi connectivity index (χ1n) is 4.89. The van der Waals surface area contributed by atoms with Crippen LogP contribution in [0.25, 0.3) is 0 Å². The number of rotatable bonds is 4. The zero-order valence-electron chi connectivity index (χ0n) is 8.99. The monoisotopic (exact) mass is 206 g/mol. The molecule has 0 aliphatic heterocycles. The fraction of sp³-hybridized carbons (Fsp3) is 0.455. The van der Waals surface area contributed by atoms with Crippen molar-refractivity contribution in [2.75, 3.05) is 6.61 Å². The maximum absolute atomic E-state index is 11.1. The van der Waals surface area contributed by atoms with Crippen molar-refractivity contribution in [2.45, 2.75) is 19.8 Å². The van der Waals surface area contributed by atoms with Crippen LogP contribution in [0.3, 0.4) is 0 Å². The molecule has 1 aromatic heterocycles. The molecule has 0 fully saturated rings. The maximum atomic E-state index is 11.1. The van der Waals surface area contributed by atoms with Crippen molar-refractivity contribution in [3.8, 4) is 6.07 Å². The molecule has 0 radical (unpaired) electrons. The summed E-state index contributed by atoms with van der Waals surface area (Å²) in [6.07, 6.45) is 0.966. The van der Waals surface area contributed by atoms with E-state index >= 15 is 0 Å². The molecule has 0 spiro atoms. The van der Waals surface area contributed by atoms with Gasteiger partial charge >= 0.3 is 5.97 Å². The third-order valence-corrected chi connectivity index (χ3v) is 2.23. The topological polar surface area (TPSA) is 55.0 Å². The average Bonchev–Trinajstić information content (AvgIpc) is 2.57. The van der Waals surface area contributed by atoms with E-state index in [0.29, 0.717) is 25.1 Å². The van der Waals surface area contributed by atoms with Crippen molar-refractivity contribution < 1.29 is 9.53 Å². The molecule has 0 atom stereocenters. The van der Waals surface area contributed by atoms with Crippen LogP contribution >= 0.6 is 0 Å². The predicted octanol–water partition coefficient (Wildman–Crippen LogP) is 1.39. The minimum Gasteiger partial charge on any atom is -0.466 e. The van der Waals surface area contributed by atoms with Gasteiger partial charge in [-0.05, 0) is 25.5 Å². The summed E-state index contributed by atoms with van der Waals surface area (Å²) >= 11 is 0. The highest BCUT2D eigenvalue weighted by molar-refractivity contribution is 5.69. The summed E-state index contributed by atoms with van der Waals surface area (Å²) < 4.78 is 6.61. The van der Waals surface area contributed by atoms with Crippen LogP contribution < -0.4 is 0 Å². The highest BCUT2D eigenvalue weighted by atomic mass is 16.5. The van der Waals surface area contributed by atoms with Crippen molar-refractivity contribution in [2.24, 2.45) is 7.05 Å². The fourth-order valence-corrected chi connectivity index (χ4v) is 1.38. The van der Waals surface area contributed by atoms with Gasteiger partial charge < -0.3 is 9.30 Å². The van der Waals surface area contributed by atoms with Gasteiger partial charge in [-0.15, -0.1) is 0 Å². The van der Waals surface area contributed by atoms with E-state index < -0.39 is 0 Å². The van der Waals surface area contributed by atoms with E-state index in [0.717, 1.165) is 5.69 Å². The second kappa shape index (κ2) is 5.20. The molecule has 1 rings (SSSR count). The Bertz CT molecular complexity index is 388. The summed E-state index contributed by atoms with van der Waals surface area (Å²) in [6, 6.07) is 5.68. The van der Waals surface area contributed by atoms with Crippen molar-refractivity contribution in [3.63, 3.8) is 0 Å². The Morgan fingerprint density at radius 2 is 2.33 bits per heavy atom. The standard InChI is InChI=1S/C11H14N2O2/c1-3-15-11(14)7-6-9-4-5-10(8-12)13(9)2/h4-5H,3,6-7H2,1-2H3. The Balaban J connectivity index is 2.55. The highest BCUT2D eigenvalue weighted by Gasteiger charge is 2.07. The molecule has 0 unspecified atom stereocenters. The Hall–Kier alpha value is -1.76. The summed E-state index contributed by atoms with van der Waals surface area (Å²) in [6.45, 7) is 2.20. The largest absolute Gasteiger partial charge is 0.466 e. The van der Waals surface area contributed by atoms with E-state index in [4.69, 9.17) is 10.00 Å². The van der Waals surface area contributed by atoms with Crippen LogP contribution in [-0.4, -0.2) is 17.1 Å². The lowest BCUT2D eigenvalue weighted by molar-refractivity contribution is -0.143. The predicted molar refractivity (Wildman–Crippen MR) is 55.1 cm³/mol. The van der Waals surface area contributed by atoms with Gasteiger partial charge in [-0.1, -0.05) is 0 Å².